The number of halogens is 2. The molecule has 1 atom stereocenters. The Balaban J connectivity index is 1.50. The lowest BCUT2D eigenvalue weighted by Crippen LogP contribution is -2.44. The molecule has 0 radical (unpaired) electrons. The highest BCUT2D eigenvalue weighted by Crippen LogP contribution is 2.21. The van der Waals surface area contributed by atoms with E-state index < -0.39 is 0 Å². The van der Waals surface area contributed by atoms with E-state index in [-0.39, 0.29) is 36.6 Å². The normalized spacial score (nSPS) is 15.4. The Kier molecular flexibility index (Phi) is 8.19. The van der Waals surface area contributed by atoms with Gasteiger partial charge in [-0.05, 0) is 29.8 Å². The molecule has 1 aliphatic heterocycles. The van der Waals surface area contributed by atoms with Crippen LogP contribution in [0.2, 0.25) is 5.02 Å². The first-order valence-corrected chi connectivity index (χ1v) is 10.3. The van der Waals surface area contributed by atoms with Gasteiger partial charge in [-0.15, -0.1) is 0 Å². The maximum atomic E-state index is 13.3. The van der Waals surface area contributed by atoms with Crippen molar-refractivity contribution in [3.63, 3.8) is 0 Å². The molecule has 0 spiro atoms. The number of morpholine rings is 1. The molecule has 0 unspecified atom stereocenters. The number of nitrogens with one attached hydrogen (secondary N) is 2. The molecule has 2 aromatic carbocycles. The SMILES string of the molecule is O=C(CCNC(=O)c1ccccc1Cl)NC[C@H](c1ccc(F)cc1)N1CCOCC1. The number of carbonyl (C=O) groups excluding carboxylic acids is 2. The van der Waals surface area contributed by atoms with Gasteiger partial charge in [0.2, 0.25) is 5.91 Å². The summed E-state index contributed by atoms with van der Waals surface area (Å²) >= 11 is 6.01. The molecule has 1 fully saturated rings. The standard InChI is InChI=1S/C22H25ClFN3O3/c23-19-4-2-1-3-18(19)22(29)25-10-9-21(28)26-15-20(27-11-13-30-14-12-27)16-5-7-17(24)8-6-16/h1-8,20H,9-15H2,(H,25,29)(H,26,28)/t20-/m1/s1. The molecule has 0 saturated carbocycles. The van der Waals surface area contributed by atoms with Gasteiger partial charge in [-0.2, -0.15) is 0 Å². The van der Waals surface area contributed by atoms with Gasteiger partial charge in [0.25, 0.3) is 5.91 Å². The van der Waals surface area contributed by atoms with E-state index in [2.05, 4.69) is 15.5 Å². The van der Waals surface area contributed by atoms with E-state index in [0.29, 0.717) is 30.3 Å². The summed E-state index contributed by atoms with van der Waals surface area (Å²) in [6.45, 7) is 3.33. The summed E-state index contributed by atoms with van der Waals surface area (Å²) < 4.78 is 18.7. The van der Waals surface area contributed by atoms with Crippen LogP contribution in [-0.2, 0) is 9.53 Å². The third kappa shape index (κ3) is 6.26. The summed E-state index contributed by atoms with van der Waals surface area (Å²) in [5, 5.41) is 6.00. The highest BCUT2D eigenvalue weighted by atomic mass is 35.5. The lowest BCUT2D eigenvalue weighted by atomic mass is 10.0. The molecule has 2 N–H and O–H groups in total. The highest BCUT2D eigenvalue weighted by molar-refractivity contribution is 6.33. The average Bonchev–Trinajstić information content (AvgIpc) is 2.76. The van der Waals surface area contributed by atoms with Gasteiger partial charge in [-0.3, -0.25) is 14.5 Å². The van der Waals surface area contributed by atoms with E-state index in [1.165, 1.54) is 12.1 Å². The summed E-state index contributed by atoms with van der Waals surface area (Å²) in [6, 6.07) is 13.0. The first kappa shape index (κ1) is 22.2. The summed E-state index contributed by atoms with van der Waals surface area (Å²) in [4.78, 5) is 26.7. The fraction of sp³-hybridized carbons (Fsp3) is 0.364. The van der Waals surface area contributed by atoms with Crippen molar-refractivity contribution in [3.05, 3.63) is 70.5 Å². The quantitative estimate of drug-likeness (QED) is 0.671. The fourth-order valence-electron chi connectivity index (χ4n) is 3.36. The number of hydrogen-bond acceptors (Lipinski definition) is 4. The second kappa shape index (κ2) is 11.1. The van der Waals surface area contributed by atoms with E-state index in [0.717, 1.165) is 18.7 Å². The monoisotopic (exact) mass is 433 g/mol. The van der Waals surface area contributed by atoms with Crippen molar-refractivity contribution in [1.82, 2.24) is 15.5 Å². The minimum Gasteiger partial charge on any atom is -0.379 e. The molecule has 0 aromatic heterocycles. The fourth-order valence-corrected chi connectivity index (χ4v) is 3.58. The van der Waals surface area contributed by atoms with E-state index in [4.69, 9.17) is 16.3 Å². The van der Waals surface area contributed by atoms with Crippen LogP contribution in [0.15, 0.2) is 48.5 Å². The Morgan fingerprint density at radius 3 is 2.47 bits per heavy atom. The van der Waals surface area contributed by atoms with Gasteiger partial charge in [0.1, 0.15) is 5.82 Å². The van der Waals surface area contributed by atoms with E-state index in [9.17, 15) is 14.0 Å². The molecular formula is C22H25ClFN3O3. The van der Waals surface area contributed by atoms with Crippen LogP contribution in [0, 0.1) is 5.82 Å². The van der Waals surface area contributed by atoms with Crippen LogP contribution >= 0.6 is 11.6 Å². The van der Waals surface area contributed by atoms with Crippen molar-refractivity contribution < 1.29 is 18.7 Å². The minimum atomic E-state index is -0.314. The van der Waals surface area contributed by atoms with Gasteiger partial charge < -0.3 is 15.4 Å². The maximum absolute atomic E-state index is 13.3. The summed E-state index contributed by atoms with van der Waals surface area (Å²) in [5.74, 6) is -0.779. The van der Waals surface area contributed by atoms with Crippen LogP contribution in [0.1, 0.15) is 28.4 Å². The van der Waals surface area contributed by atoms with Crippen LogP contribution < -0.4 is 10.6 Å². The summed E-state index contributed by atoms with van der Waals surface area (Å²) in [7, 11) is 0. The molecule has 160 valence electrons. The van der Waals surface area contributed by atoms with Gasteiger partial charge in [-0.25, -0.2) is 4.39 Å². The topological polar surface area (TPSA) is 70.7 Å². The Morgan fingerprint density at radius 1 is 1.07 bits per heavy atom. The van der Waals surface area contributed by atoms with Crippen molar-refractivity contribution in [2.75, 3.05) is 39.4 Å². The van der Waals surface area contributed by atoms with Crippen molar-refractivity contribution in [2.24, 2.45) is 0 Å². The number of amides is 2. The van der Waals surface area contributed by atoms with E-state index >= 15 is 0 Å². The van der Waals surface area contributed by atoms with Gasteiger partial charge in [-0.1, -0.05) is 35.9 Å². The average molecular weight is 434 g/mol. The molecule has 1 heterocycles. The predicted octanol–water partition coefficient (Wildman–Crippen LogP) is 2.79. The highest BCUT2D eigenvalue weighted by Gasteiger charge is 2.23. The number of benzene rings is 2. The number of ether oxygens (including phenoxy) is 1. The van der Waals surface area contributed by atoms with Crippen molar-refractivity contribution in [2.45, 2.75) is 12.5 Å². The molecule has 6 nitrogen and oxygen atoms in total. The number of nitrogens with zero attached hydrogens (tertiary/aromatic N) is 1. The van der Waals surface area contributed by atoms with Gasteiger partial charge in [0.15, 0.2) is 0 Å². The van der Waals surface area contributed by atoms with Crippen LogP contribution in [-0.4, -0.2) is 56.1 Å². The lowest BCUT2D eigenvalue weighted by molar-refractivity contribution is -0.121. The first-order chi connectivity index (χ1) is 14.5. The first-order valence-electron chi connectivity index (χ1n) is 9.91. The molecule has 0 bridgehead atoms. The second-order valence-corrected chi connectivity index (χ2v) is 7.41. The molecule has 0 aliphatic carbocycles. The van der Waals surface area contributed by atoms with Gasteiger partial charge in [0, 0.05) is 32.6 Å². The van der Waals surface area contributed by atoms with E-state index in [1.54, 1.807) is 36.4 Å². The molecule has 1 saturated heterocycles. The third-order valence-electron chi connectivity index (χ3n) is 4.99. The molecule has 3 rings (SSSR count). The zero-order valence-corrected chi connectivity index (χ0v) is 17.3. The predicted molar refractivity (Wildman–Crippen MR) is 113 cm³/mol. The Hall–Kier alpha value is -2.48. The Labute approximate surface area is 180 Å². The largest absolute Gasteiger partial charge is 0.379 e. The van der Waals surface area contributed by atoms with Crippen molar-refractivity contribution in [1.29, 1.82) is 0 Å². The van der Waals surface area contributed by atoms with Crippen molar-refractivity contribution in [3.8, 4) is 0 Å². The van der Waals surface area contributed by atoms with E-state index in [1.807, 2.05) is 0 Å². The van der Waals surface area contributed by atoms with Crippen LogP contribution in [0.25, 0.3) is 0 Å². The Morgan fingerprint density at radius 2 is 1.77 bits per heavy atom. The zero-order chi connectivity index (χ0) is 21.3. The molecule has 1 aliphatic rings. The van der Waals surface area contributed by atoms with Crippen LogP contribution in [0.4, 0.5) is 4.39 Å². The second-order valence-electron chi connectivity index (χ2n) is 7.01. The summed E-state index contributed by atoms with van der Waals surface area (Å²) in [6.07, 6.45) is 0.148. The molecule has 2 amide bonds. The van der Waals surface area contributed by atoms with Crippen LogP contribution in [0.5, 0.6) is 0 Å². The minimum absolute atomic E-state index is 0.0730. The molecule has 2 aromatic rings. The number of carbonyl (C=O) groups is 2. The molecule has 30 heavy (non-hydrogen) atoms. The van der Waals surface area contributed by atoms with Crippen molar-refractivity contribution >= 4 is 23.4 Å². The molecule has 8 heteroatoms. The number of rotatable bonds is 8. The zero-order valence-electron chi connectivity index (χ0n) is 16.6. The smallest absolute Gasteiger partial charge is 0.252 e. The van der Waals surface area contributed by atoms with Gasteiger partial charge in [0.05, 0.1) is 29.8 Å². The Bertz CT molecular complexity index is 857. The van der Waals surface area contributed by atoms with Gasteiger partial charge >= 0.3 is 0 Å². The third-order valence-corrected chi connectivity index (χ3v) is 5.32. The lowest BCUT2D eigenvalue weighted by Gasteiger charge is -2.35. The maximum Gasteiger partial charge on any atom is 0.252 e. The molecular weight excluding hydrogens is 409 g/mol. The summed E-state index contributed by atoms with van der Waals surface area (Å²) in [5.41, 5.74) is 1.31. The van der Waals surface area contributed by atoms with Crippen LogP contribution in [0.3, 0.4) is 0 Å². The number of hydrogen-bond donors (Lipinski definition) is 2.